The first-order chi connectivity index (χ1) is 7.24. The van der Waals surface area contributed by atoms with E-state index in [-0.39, 0.29) is 0 Å². The van der Waals surface area contributed by atoms with E-state index in [0.717, 1.165) is 24.0 Å². The van der Waals surface area contributed by atoms with Gasteiger partial charge in [0.15, 0.2) is 0 Å². The van der Waals surface area contributed by atoms with Gasteiger partial charge in [-0.2, -0.15) is 0 Å². The van der Waals surface area contributed by atoms with Crippen LogP contribution in [-0.4, -0.2) is 36.6 Å². The molecular weight excluding hydrogens is 184 g/mol. The summed E-state index contributed by atoms with van der Waals surface area (Å²) in [7, 11) is 2.12. The topological polar surface area (TPSA) is 15.3 Å². The molecule has 2 heterocycles. The number of piperidine rings is 1. The van der Waals surface area contributed by atoms with Crippen LogP contribution in [0.5, 0.6) is 0 Å². The number of fused-ring (bicyclic) bond motifs is 2. The number of hydrogen-bond acceptors (Lipinski definition) is 2. The van der Waals surface area contributed by atoms with Crippen LogP contribution in [0.4, 0.5) is 0 Å². The molecule has 2 saturated heterocycles. The van der Waals surface area contributed by atoms with Crippen LogP contribution in [0.15, 0.2) is 0 Å². The van der Waals surface area contributed by atoms with Gasteiger partial charge in [0, 0.05) is 24.7 Å². The normalized spacial score (nSPS) is 38.2. The van der Waals surface area contributed by atoms with Crippen molar-refractivity contribution in [3.8, 4) is 0 Å². The number of hydrogen-bond donors (Lipinski definition) is 1. The van der Waals surface area contributed by atoms with Crippen LogP contribution in [0.2, 0.25) is 0 Å². The van der Waals surface area contributed by atoms with Crippen molar-refractivity contribution in [2.24, 2.45) is 5.92 Å². The fourth-order valence-corrected chi connectivity index (χ4v) is 3.30. The predicted molar refractivity (Wildman–Crippen MR) is 65.1 cm³/mol. The number of nitrogens with one attached hydrogen (secondary N) is 1. The highest BCUT2D eigenvalue weighted by atomic mass is 15.2. The third kappa shape index (κ3) is 2.36. The quantitative estimate of drug-likeness (QED) is 0.765. The number of rotatable bonds is 4. The minimum Gasteiger partial charge on any atom is -0.317 e. The van der Waals surface area contributed by atoms with E-state index >= 15 is 0 Å². The molecule has 0 aromatic heterocycles. The summed E-state index contributed by atoms with van der Waals surface area (Å²) in [6, 6.07) is 2.56. The molecule has 0 radical (unpaired) electrons. The maximum absolute atomic E-state index is 3.47. The van der Waals surface area contributed by atoms with E-state index < -0.39 is 0 Å². The lowest BCUT2D eigenvalue weighted by Crippen LogP contribution is -2.49. The summed E-state index contributed by atoms with van der Waals surface area (Å²) in [6.45, 7) is 6.04. The summed E-state index contributed by atoms with van der Waals surface area (Å²) < 4.78 is 0. The van der Waals surface area contributed by atoms with Crippen LogP contribution in [0.25, 0.3) is 0 Å². The lowest BCUT2D eigenvalue weighted by Gasteiger charge is -2.40. The van der Waals surface area contributed by atoms with Gasteiger partial charge < -0.3 is 5.32 Å². The Labute approximate surface area is 94.4 Å². The molecule has 2 fully saturated rings. The smallest absolute Gasteiger partial charge is 0.0114 e. The van der Waals surface area contributed by atoms with E-state index in [0.29, 0.717) is 0 Å². The summed E-state index contributed by atoms with van der Waals surface area (Å²) in [5.74, 6) is 0.874. The average molecular weight is 210 g/mol. The molecule has 0 saturated carbocycles. The Balaban J connectivity index is 1.92. The lowest BCUT2D eigenvalue weighted by molar-refractivity contribution is 0.102. The molecule has 2 aliphatic heterocycles. The highest BCUT2D eigenvalue weighted by Crippen LogP contribution is 2.36. The molecule has 88 valence electrons. The van der Waals surface area contributed by atoms with E-state index in [1.165, 1.54) is 38.6 Å². The Bertz CT molecular complexity index is 191. The molecule has 15 heavy (non-hydrogen) atoms. The van der Waals surface area contributed by atoms with Crippen molar-refractivity contribution in [1.29, 1.82) is 0 Å². The maximum atomic E-state index is 3.47. The molecule has 2 rings (SSSR count). The van der Waals surface area contributed by atoms with E-state index in [4.69, 9.17) is 0 Å². The average Bonchev–Trinajstić information content (AvgIpc) is 2.51. The van der Waals surface area contributed by atoms with Crippen LogP contribution in [0.1, 0.15) is 46.0 Å². The zero-order valence-electron chi connectivity index (χ0n) is 10.5. The second-order valence-corrected chi connectivity index (χ2v) is 5.55. The van der Waals surface area contributed by atoms with Crippen molar-refractivity contribution in [2.45, 2.75) is 64.1 Å². The van der Waals surface area contributed by atoms with Crippen LogP contribution < -0.4 is 5.32 Å². The monoisotopic (exact) mass is 210 g/mol. The van der Waals surface area contributed by atoms with Gasteiger partial charge in [-0.15, -0.1) is 0 Å². The van der Waals surface area contributed by atoms with Gasteiger partial charge in [-0.25, -0.2) is 0 Å². The standard InChI is InChI=1S/C13H26N2/c1-4-10(2)9-15-12-5-6-13(15)8-11(7-12)14-3/h10-14H,4-9H2,1-3H3. The van der Waals surface area contributed by atoms with Gasteiger partial charge in [0.25, 0.3) is 0 Å². The molecule has 0 amide bonds. The van der Waals surface area contributed by atoms with Gasteiger partial charge in [0.1, 0.15) is 0 Å². The first kappa shape index (κ1) is 11.4. The first-order valence-electron chi connectivity index (χ1n) is 6.67. The van der Waals surface area contributed by atoms with Gasteiger partial charge in [-0.05, 0) is 38.6 Å². The molecule has 2 aliphatic rings. The van der Waals surface area contributed by atoms with Gasteiger partial charge in [-0.1, -0.05) is 20.3 Å². The minimum absolute atomic E-state index is 0.788. The second kappa shape index (κ2) is 4.84. The zero-order chi connectivity index (χ0) is 10.8. The molecule has 0 spiro atoms. The fourth-order valence-electron chi connectivity index (χ4n) is 3.30. The Hall–Kier alpha value is -0.0800. The molecule has 2 nitrogen and oxygen atoms in total. The summed E-state index contributed by atoms with van der Waals surface area (Å²) >= 11 is 0. The molecule has 1 N–H and O–H groups in total. The highest BCUT2D eigenvalue weighted by Gasteiger charge is 2.40. The van der Waals surface area contributed by atoms with E-state index in [1.54, 1.807) is 0 Å². The Morgan fingerprint density at radius 2 is 1.87 bits per heavy atom. The van der Waals surface area contributed by atoms with E-state index in [9.17, 15) is 0 Å². The molecule has 2 bridgehead atoms. The van der Waals surface area contributed by atoms with Crippen molar-refractivity contribution in [3.63, 3.8) is 0 Å². The van der Waals surface area contributed by atoms with Gasteiger partial charge >= 0.3 is 0 Å². The van der Waals surface area contributed by atoms with E-state index in [1.807, 2.05) is 0 Å². The van der Waals surface area contributed by atoms with Crippen molar-refractivity contribution < 1.29 is 0 Å². The lowest BCUT2D eigenvalue weighted by atomic mass is 9.95. The van der Waals surface area contributed by atoms with Crippen LogP contribution >= 0.6 is 0 Å². The third-order valence-corrected chi connectivity index (χ3v) is 4.51. The molecule has 0 aromatic rings. The molecule has 3 unspecified atom stereocenters. The first-order valence-corrected chi connectivity index (χ1v) is 6.67. The largest absolute Gasteiger partial charge is 0.317 e. The molecular formula is C13H26N2. The Morgan fingerprint density at radius 1 is 1.27 bits per heavy atom. The number of nitrogens with zero attached hydrogens (tertiary/aromatic N) is 1. The Kier molecular flexibility index (Phi) is 3.68. The summed E-state index contributed by atoms with van der Waals surface area (Å²) in [4.78, 5) is 2.81. The van der Waals surface area contributed by atoms with Crippen LogP contribution in [-0.2, 0) is 0 Å². The van der Waals surface area contributed by atoms with Crippen molar-refractivity contribution in [3.05, 3.63) is 0 Å². The SMILES string of the molecule is CCC(C)CN1C2CCC1CC(NC)C2. The molecule has 0 aromatic carbocycles. The minimum atomic E-state index is 0.788. The van der Waals surface area contributed by atoms with Crippen LogP contribution in [0, 0.1) is 5.92 Å². The molecule has 2 heteroatoms. The van der Waals surface area contributed by atoms with Crippen molar-refractivity contribution in [1.82, 2.24) is 10.2 Å². The summed E-state index contributed by atoms with van der Waals surface area (Å²) in [5, 5.41) is 3.47. The summed E-state index contributed by atoms with van der Waals surface area (Å²) in [6.07, 6.45) is 6.97. The van der Waals surface area contributed by atoms with E-state index in [2.05, 4.69) is 31.1 Å². The van der Waals surface area contributed by atoms with Crippen molar-refractivity contribution in [2.75, 3.05) is 13.6 Å². The molecule has 0 aliphatic carbocycles. The Morgan fingerprint density at radius 3 is 2.33 bits per heavy atom. The van der Waals surface area contributed by atoms with Crippen molar-refractivity contribution >= 4 is 0 Å². The predicted octanol–water partition coefficient (Wildman–Crippen LogP) is 2.25. The third-order valence-electron chi connectivity index (χ3n) is 4.51. The fraction of sp³-hybridized carbons (Fsp3) is 1.00. The maximum Gasteiger partial charge on any atom is 0.0114 e. The highest BCUT2D eigenvalue weighted by molar-refractivity contribution is 4.97. The van der Waals surface area contributed by atoms with Crippen LogP contribution in [0.3, 0.4) is 0 Å². The van der Waals surface area contributed by atoms with Gasteiger partial charge in [-0.3, -0.25) is 4.90 Å². The molecule has 3 atom stereocenters. The zero-order valence-corrected chi connectivity index (χ0v) is 10.5. The van der Waals surface area contributed by atoms with Gasteiger partial charge in [0.05, 0.1) is 0 Å². The second-order valence-electron chi connectivity index (χ2n) is 5.55. The summed E-state index contributed by atoms with van der Waals surface area (Å²) in [5.41, 5.74) is 0. The van der Waals surface area contributed by atoms with Gasteiger partial charge in [0.2, 0.25) is 0 Å².